The molecule has 19 heavy (non-hydrogen) atoms. The molecule has 0 spiro atoms. The minimum absolute atomic E-state index is 0.0382. The van der Waals surface area contributed by atoms with Crippen molar-refractivity contribution in [3.63, 3.8) is 0 Å². The Labute approximate surface area is 108 Å². The van der Waals surface area contributed by atoms with Gasteiger partial charge in [0.1, 0.15) is 0 Å². The minimum Gasteiger partial charge on any atom is -0.325 e. The fourth-order valence-electron chi connectivity index (χ4n) is 2.21. The largest absolute Gasteiger partial charge is 0.450 e. The van der Waals surface area contributed by atoms with E-state index in [1.807, 2.05) is 0 Å². The number of alkyl halides is 3. The lowest BCUT2D eigenvalue weighted by molar-refractivity contribution is -0.145. The van der Waals surface area contributed by atoms with E-state index in [1.165, 1.54) is 12.4 Å². The monoisotopic (exact) mass is 269 g/mol. The Morgan fingerprint density at radius 2 is 2.11 bits per heavy atom. The van der Waals surface area contributed by atoms with Crippen LogP contribution in [0.1, 0.15) is 30.7 Å². The number of halogens is 3. The van der Waals surface area contributed by atoms with Gasteiger partial charge in [-0.2, -0.15) is 13.2 Å². The number of pyridine rings is 1. The normalized spacial score (nSPS) is 17.9. The molecule has 0 bridgehead atoms. The number of aryl methyl sites for hydroxylation is 1. The highest BCUT2D eigenvalue weighted by molar-refractivity contribution is 5.48. The first-order chi connectivity index (χ1) is 8.87. The van der Waals surface area contributed by atoms with Crippen LogP contribution in [0.3, 0.4) is 0 Å². The van der Waals surface area contributed by atoms with Gasteiger partial charge < -0.3 is 5.73 Å². The molecule has 1 aliphatic rings. The highest BCUT2D eigenvalue weighted by Gasteiger charge is 2.37. The predicted octanol–water partition coefficient (Wildman–Crippen LogP) is 2.78. The average molecular weight is 269 g/mol. The summed E-state index contributed by atoms with van der Waals surface area (Å²) in [6.45, 7) is 0. The highest BCUT2D eigenvalue weighted by atomic mass is 19.4. The van der Waals surface area contributed by atoms with Crippen LogP contribution in [-0.2, 0) is 12.6 Å². The fraction of sp³-hybridized carbons (Fsp3) is 0.462. The molecule has 2 aromatic heterocycles. The van der Waals surface area contributed by atoms with Gasteiger partial charge in [0.2, 0.25) is 5.82 Å². The molecule has 0 amide bonds. The molecule has 0 saturated heterocycles. The topological polar surface area (TPSA) is 43.3 Å². The van der Waals surface area contributed by atoms with E-state index in [0.29, 0.717) is 5.52 Å². The molecule has 0 aliphatic heterocycles. The summed E-state index contributed by atoms with van der Waals surface area (Å²) in [6, 6.07) is 3.45. The summed E-state index contributed by atoms with van der Waals surface area (Å²) in [5, 5.41) is 0. The van der Waals surface area contributed by atoms with E-state index in [1.54, 1.807) is 12.1 Å². The number of nitrogens with zero attached hydrogens (tertiary/aromatic N) is 2. The number of fused-ring (bicyclic) bond motifs is 1. The first-order valence-electron chi connectivity index (χ1n) is 6.20. The zero-order chi connectivity index (χ0) is 13.7. The Hall–Kier alpha value is -1.56. The maximum absolute atomic E-state index is 12.7. The van der Waals surface area contributed by atoms with Crippen LogP contribution < -0.4 is 5.73 Å². The van der Waals surface area contributed by atoms with Gasteiger partial charge in [-0.1, -0.05) is 0 Å². The van der Waals surface area contributed by atoms with Gasteiger partial charge in [-0.05, 0) is 43.4 Å². The summed E-state index contributed by atoms with van der Waals surface area (Å²) >= 11 is 0. The average Bonchev–Trinajstić information content (AvgIpc) is 2.90. The second-order valence-corrected chi connectivity index (χ2v) is 5.27. The molecule has 2 heterocycles. The lowest BCUT2D eigenvalue weighted by Crippen LogP contribution is -2.22. The lowest BCUT2D eigenvalue weighted by atomic mass is 10.1. The van der Waals surface area contributed by atoms with Crippen LogP contribution in [0.25, 0.3) is 5.52 Å². The molecule has 3 rings (SSSR count). The smallest absolute Gasteiger partial charge is 0.325 e. The van der Waals surface area contributed by atoms with Crippen molar-refractivity contribution in [3.05, 3.63) is 35.9 Å². The fourth-order valence-corrected chi connectivity index (χ4v) is 2.21. The van der Waals surface area contributed by atoms with Crippen LogP contribution in [0.5, 0.6) is 0 Å². The van der Waals surface area contributed by atoms with Gasteiger partial charge in [0.15, 0.2) is 0 Å². The number of hydrogen-bond donors (Lipinski definition) is 1. The van der Waals surface area contributed by atoms with E-state index in [2.05, 4.69) is 4.98 Å². The summed E-state index contributed by atoms with van der Waals surface area (Å²) in [5.74, 6) is -0.883. The maximum atomic E-state index is 12.7. The molecular weight excluding hydrogens is 255 g/mol. The van der Waals surface area contributed by atoms with Crippen molar-refractivity contribution in [3.8, 4) is 0 Å². The van der Waals surface area contributed by atoms with E-state index in [-0.39, 0.29) is 5.54 Å². The van der Waals surface area contributed by atoms with Gasteiger partial charge in [0.25, 0.3) is 0 Å². The number of hydrogen-bond acceptors (Lipinski definition) is 2. The third-order valence-electron chi connectivity index (χ3n) is 3.65. The molecule has 1 fully saturated rings. The van der Waals surface area contributed by atoms with E-state index >= 15 is 0 Å². The van der Waals surface area contributed by atoms with E-state index in [4.69, 9.17) is 5.73 Å². The number of imidazole rings is 1. The van der Waals surface area contributed by atoms with Gasteiger partial charge in [-0.3, -0.25) is 4.40 Å². The quantitative estimate of drug-likeness (QED) is 0.931. The highest BCUT2D eigenvalue weighted by Crippen LogP contribution is 2.36. The molecule has 1 saturated carbocycles. The standard InChI is InChI=1S/C13H14F3N3/c14-13(15,16)11-18-8-10-7-9(2-6-19(10)11)1-3-12(17)4-5-12/h2,6-8H,1,3-5,17H2. The molecule has 1 aliphatic carbocycles. The number of nitrogens with two attached hydrogens (primary N) is 1. The number of rotatable bonds is 3. The first kappa shape index (κ1) is 12.5. The summed E-state index contributed by atoms with van der Waals surface area (Å²) in [6.07, 6.45) is 2.00. The molecule has 0 radical (unpaired) electrons. The van der Waals surface area contributed by atoms with Gasteiger partial charge >= 0.3 is 6.18 Å². The zero-order valence-electron chi connectivity index (χ0n) is 10.2. The Morgan fingerprint density at radius 1 is 1.37 bits per heavy atom. The molecule has 6 heteroatoms. The molecule has 3 nitrogen and oxygen atoms in total. The van der Waals surface area contributed by atoms with Crippen LogP contribution in [0.2, 0.25) is 0 Å². The van der Waals surface area contributed by atoms with E-state index in [0.717, 1.165) is 35.6 Å². The summed E-state index contributed by atoms with van der Waals surface area (Å²) in [7, 11) is 0. The van der Waals surface area contributed by atoms with Crippen molar-refractivity contribution in [1.29, 1.82) is 0 Å². The SMILES string of the molecule is NC1(CCc2ccn3c(C(F)(F)F)ncc3c2)CC1. The Balaban J connectivity index is 1.85. The predicted molar refractivity (Wildman–Crippen MR) is 64.7 cm³/mol. The number of aromatic nitrogens is 2. The van der Waals surface area contributed by atoms with Crippen molar-refractivity contribution >= 4 is 5.52 Å². The molecule has 0 atom stereocenters. The van der Waals surface area contributed by atoms with Crippen LogP contribution in [0.4, 0.5) is 13.2 Å². The van der Waals surface area contributed by atoms with Crippen LogP contribution in [-0.4, -0.2) is 14.9 Å². The third kappa shape index (κ3) is 2.45. The van der Waals surface area contributed by atoms with Gasteiger partial charge in [-0.15, -0.1) is 0 Å². The van der Waals surface area contributed by atoms with E-state index in [9.17, 15) is 13.2 Å². The molecular formula is C13H14F3N3. The van der Waals surface area contributed by atoms with E-state index < -0.39 is 12.0 Å². The third-order valence-corrected chi connectivity index (χ3v) is 3.65. The Morgan fingerprint density at radius 3 is 2.74 bits per heavy atom. The Bertz CT molecular complexity index is 611. The lowest BCUT2D eigenvalue weighted by Gasteiger charge is -2.09. The van der Waals surface area contributed by atoms with Crippen molar-refractivity contribution in [2.75, 3.05) is 0 Å². The maximum Gasteiger partial charge on any atom is 0.450 e. The van der Waals surface area contributed by atoms with Crippen molar-refractivity contribution in [1.82, 2.24) is 9.38 Å². The first-order valence-corrected chi connectivity index (χ1v) is 6.20. The second-order valence-electron chi connectivity index (χ2n) is 5.27. The van der Waals surface area contributed by atoms with Gasteiger partial charge in [-0.25, -0.2) is 4.98 Å². The molecule has 2 N–H and O–H groups in total. The summed E-state index contributed by atoms with van der Waals surface area (Å²) in [5.41, 5.74) is 7.43. The molecule has 102 valence electrons. The Kier molecular flexibility index (Phi) is 2.60. The van der Waals surface area contributed by atoms with Crippen molar-refractivity contribution in [2.24, 2.45) is 5.73 Å². The second kappa shape index (κ2) is 3.96. The van der Waals surface area contributed by atoms with Crippen molar-refractivity contribution < 1.29 is 13.2 Å². The molecule has 0 unspecified atom stereocenters. The zero-order valence-corrected chi connectivity index (χ0v) is 10.2. The summed E-state index contributed by atoms with van der Waals surface area (Å²) < 4.78 is 39.1. The van der Waals surface area contributed by atoms with Crippen LogP contribution >= 0.6 is 0 Å². The minimum atomic E-state index is -4.43. The molecule has 2 aromatic rings. The van der Waals surface area contributed by atoms with Crippen LogP contribution in [0.15, 0.2) is 24.5 Å². The van der Waals surface area contributed by atoms with Gasteiger partial charge in [0, 0.05) is 11.7 Å². The summed E-state index contributed by atoms with van der Waals surface area (Å²) in [4.78, 5) is 3.44. The van der Waals surface area contributed by atoms with Crippen molar-refractivity contribution in [2.45, 2.75) is 37.4 Å². The van der Waals surface area contributed by atoms with Gasteiger partial charge in [0.05, 0.1) is 11.7 Å². The van der Waals surface area contributed by atoms with Crippen LogP contribution in [0, 0.1) is 0 Å². The molecule has 0 aromatic carbocycles.